The highest BCUT2D eigenvalue weighted by atomic mass is 127. The van der Waals surface area contributed by atoms with E-state index in [1.807, 2.05) is 22.6 Å². The van der Waals surface area contributed by atoms with E-state index < -0.39 is 17.3 Å². The third-order valence-corrected chi connectivity index (χ3v) is 5.16. The van der Waals surface area contributed by atoms with E-state index in [0.29, 0.717) is 8.27 Å². The number of hydrogen-bond acceptors (Lipinski definition) is 7. The molecular weight excluding hydrogens is 490 g/mol. The standard InChI is InChI=1S/C16H14FIN4O4S/c1-22-14(20-10-3-2-8(18)6-9(10)17)11(15(24)21-26-5-4-23)13-12(16(22)25)19-7-27-13/h2-3,6-7,20,23H,4-5H2,1H3,(H,21,24). The molecule has 0 fully saturated rings. The average molecular weight is 504 g/mol. The Morgan fingerprint density at radius 3 is 2.96 bits per heavy atom. The molecule has 1 amide bonds. The van der Waals surface area contributed by atoms with Gasteiger partial charge in [-0.2, -0.15) is 0 Å². The first kappa shape index (κ1) is 19.7. The summed E-state index contributed by atoms with van der Waals surface area (Å²) in [4.78, 5) is 34.1. The van der Waals surface area contributed by atoms with E-state index in [1.54, 1.807) is 6.07 Å². The van der Waals surface area contributed by atoms with Crippen molar-refractivity contribution in [2.24, 2.45) is 7.05 Å². The summed E-state index contributed by atoms with van der Waals surface area (Å²) in [5, 5.41) is 11.6. The second-order valence-corrected chi connectivity index (χ2v) is 7.47. The number of aliphatic hydroxyl groups is 1. The number of carbonyl (C=O) groups is 1. The van der Waals surface area contributed by atoms with Gasteiger partial charge in [-0.25, -0.2) is 14.9 Å². The molecule has 0 atom stereocenters. The zero-order valence-corrected chi connectivity index (χ0v) is 16.9. The van der Waals surface area contributed by atoms with Gasteiger partial charge >= 0.3 is 0 Å². The monoisotopic (exact) mass is 504 g/mol. The lowest BCUT2D eigenvalue weighted by Crippen LogP contribution is -2.30. The molecule has 2 aromatic heterocycles. The fourth-order valence-electron chi connectivity index (χ4n) is 2.40. The second-order valence-electron chi connectivity index (χ2n) is 5.37. The highest BCUT2D eigenvalue weighted by Crippen LogP contribution is 2.29. The average Bonchev–Trinajstić information content (AvgIpc) is 3.11. The van der Waals surface area contributed by atoms with Crippen LogP contribution in [0.25, 0.3) is 10.2 Å². The number of aliphatic hydroxyl groups excluding tert-OH is 1. The quantitative estimate of drug-likeness (QED) is 0.270. The van der Waals surface area contributed by atoms with Gasteiger partial charge in [0.1, 0.15) is 22.7 Å². The SMILES string of the molecule is Cn1c(Nc2ccc(I)cc2F)c(C(=O)NOCCO)c2scnc2c1=O. The molecule has 11 heteroatoms. The number of amides is 1. The van der Waals surface area contributed by atoms with Crippen molar-refractivity contribution in [3.05, 3.63) is 49.0 Å². The molecule has 3 N–H and O–H groups in total. The number of pyridine rings is 1. The molecule has 3 aromatic rings. The number of rotatable bonds is 6. The molecule has 2 heterocycles. The molecule has 0 aliphatic carbocycles. The maximum absolute atomic E-state index is 14.3. The van der Waals surface area contributed by atoms with Crippen LogP contribution < -0.4 is 16.4 Å². The van der Waals surface area contributed by atoms with Crippen LogP contribution >= 0.6 is 33.9 Å². The van der Waals surface area contributed by atoms with Crippen molar-refractivity contribution in [3.63, 3.8) is 0 Å². The van der Waals surface area contributed by atoms with Crippen LogP contribution in [-0.4, -0.2) is 33.8 Å². The molecule has 0 spiro atoms. The Kier molecular flexibility index (Phi) is 6.04. The van der Waals surface area contributed by atoms with E-state index in [1.165, 1.54) is 29.3 Å². The zero-order chi connectivity index (χ0) is 19.6. The molecule has 27 heavy (non-hydrogen) atoms. The fourth-order valence-corrected chi connectivity index (χ4v) is 3.68. The van der Waals surface area contributed by atoms with Crippen LogP contribution in [0.5, 0.6) is 0 Å². The smallest absolute Gasteiger partial charge is 0.280 e. The largest absolute Gasteiger partial charge is 0.394 e. The van der Waals surface area contributed by atoms with Gasteiger partial charge in [-0.1, -0.05) is 0 Å². The third kappa shape index (κ3) is 3.95. The van der Waals surface area contributed by atoms with Gasteiger partial charge < -0.3 is 10.4 Å². The maximum Gasteiger partial charge on any atom is 0.280 e. The predicted octanol–water partition coefficient (Wildman–Crippen LogP) is 2.14. The Morgan fingerprint density at radius 1 is 1.48 bits per heavy atom. The summed E-state index contributed by atoms with van der Waals surface area (Å²) < 4.78 is 16.5. The van der Waals surface area contributed by atoms with Crippen molar-refractivity contribution < 1.29 is 19.1 Å². The van der Waals surface area contributed by atoms with Crippen LogP contribution in [0.1, 0.15) is 10.4 Å². The van der Waals surface area contributed by atoms with Crippen molar-refractivity contribution in [3.8, 4) is 0 Å². The van der Waals surface area contributed by atoms with Crippen LogP contribution in [0.3, 0.4) is 0 Å². The molecule has 0 aliphatic rings. The lowest BCUT2D eigenvalue weighted by molar-refractivity contribution is 0.0170. The summed E-state index contributed by atoms with van der Waals surface area (Å²) in [6, 6.07) is 4.54. The Hall–Kier alpha value is -2.09. The Labute approximate surface area is 170 Å². The highest BCUT2D eigenvalue weighted by molar-refractivity contribution is 14.1. The van der Waals surface area contributed by atoms with Gasteiger partial charge in [0.05, 0.1) is 29.1 Å². The van der Waals surface area contributed by atoms with Crippen molar-refractivity contribution in [1.82, 2.24) is 15.0 Å². The van der Waals surface area contributed by atoms with Crippen molar-refractivity contribution in [1.29, 1.82) is 0 Å². The summed E-state index contributed by atoms with van der Waals surface area (Å²) in [5.41, 5.74) is 3.56. The van der Waals surface area contributed by atoms with Crippen LogP contribution in [-0.2, 0) is 11.9 Å². The molecule has 0 saturated heterocycles. The molecule has 142 valence electrons. The van der Waals surface area contributed by atoms with Crippen LogP contribution in [0, 0.1) is 9.39 Å². The topological polar surface area (TPSA) is 105 Å². The predicted molar refractivity (Wildman–Crippen MR) is 108 cm³/mol. The number of thiazole rings is 1. The number of benzene rings is 1. The van der Waals surface area contributed by atoms with Crippen molar-refractivity contribution in [2.75, 3.05) is 18.5 Å². The summed E-state index contributed by atoms with van der Waals surface area (Å²) in [6.07, 6.45) is 0. The van der Waals surface area contributed by atoms with E-state index in [9.17, 15) is 14.0 Å². The first-order valence-electron chi connectivity index (χ1n) is 7.65. The number of aromatic nitrogens is 2. The van der Waals surface area contributed by atoms with E-state index in [0.717, 1.165) is 11.3 Å². The van der Waals surface area contributed by atoms with Crippen LogP contribution in [0.2, 0.25) is 0 Å². The molecule has 0 saturated carbocycles. The van der Waals surface area contributed by atoms with Crippen molar-refractivity contribution in [2.45, 2.75) is 0 Å². The summed E-state index contributed by atoms with van der Waals surface area (Å²) in [5.74, 6) is -1.08. The molecule has 0 unspecified atom stereocenters. The fraction of sp³-hybridized carbons (Fsp3) is 0.188. The molecular formula is C16H14FIN4O4S. The van der Waals surface area contributed by atoms with E-state index in [2.05, 4.69) is 15.8 Å². The number of halogens is 2. The number of hydrogen-bond donors (Lipinski definition) is 3. The summed E-state index contributed by atoms with van der Waals surface area (Å²) in [6.45, 7) is -0.375. The normalized spacial score (nSPS) is 11.0. The van der Waals surface area contributed by atoms with E-state index >= 15 is 0 Å². The number of anilines is 2. The maximum atomic E-state index is 14.3. The number of nitrogens with zero attached hydrogens (tertiary/aromatic N) is 2. The Balaban J connectivity index is 2.14. The van der Waals surface area contributed by atoms with Gasteiger partial charge in [-0.05, 0) is 40.8 Å². The number of carbonyl (C=O) groups excluding carboxylic acids is 1. The number of nitrogens with one attached hydrogen (secondary N) is 2. The number of fused-ring (bicyclic) bond motifs is 1. The molecule has 1 aromatic carbocycles. The van der Waals surface area contributed by atoms with Crippen LogP contribution in [0.15, 0.2) is 28.5 Å². The molecule has 0 bridgehead atoms. The van der Waals surface area contributed by atoms with Gasteiger partial charge in [-0.3, -0.25) is 19.0 Å². The van der Waals surface area contributed by atoms with Gasteiger partial charge in [0.25, 0.3) is 11.5 Å². The highest BCUT2D eigenvalue weighted by Gasteiger charge is 2.23. The lowest BCUT2D eigenvalue weighted by atomic mass is 10.2. The second kappa shape index (κ2) is 8.29. The van der Waals surface area contributed by atoms with Gasteiger partial charge in [0.2, 0.25) is 0 Å². The summed E-state index contributed by atoms with van der Waals surface area (Å²) >= 11 is 3.09. The minimum absolute atomic E-state index is 0.0884. The van der Waals surface area contributed by atoms with Gasteiger partial charge in [0, 0.05) is 10.6 Å². The van der Waals surface area contributed by atoms with E-state index in [-0.39, 0.29) is 35.8 Å². The minimum Gasteiger partial charge on any atom is -0.394 e. The van der Waals surface area contributed by atoms with Crippen LogP contribution in [0.4, 0.5) is 15.9 Å². The van der Waals surface area contributed by atoms with Gasteiger partial charge in [-0.15, -0.1) is 11.3 Å². The first-order valence-corrected chi connectivity index (χ1v) is 9.61. The lowest BCUT2D eigenvalue weighted by Gasteiger charge is -2.17. The first-order chi connectivity index (χ1) is 12.9. The molecule has 8 nitrogen and oxygen atoms in total. The van der Waals surface area contributed by atoms with Gasteiger partial charge in [0.15, 0.2) is 0 Å². The summed E-state index contributed by atoms with van der Waals surface area (Å²) in [7, 11) is 1.46. The zero-order valence-electron chi connectivity index (χ0n) is 14.0. The van der Waals surface area contributed by atoms with E-state index in [4.69, 9.17) is 9.94 Å². The number of hydroxylamine groups is 1. The molecule has 0 radical (unpaired) electrons. The third-order valence-electron chi connectivity index (χ3n) is 3.64. The van der Waals surface area contributed by atoms with Crippen molar-refractivity contribution >= 4 is 61.6 Å². The Bertz CT molecular complexity index is 1070. The molecule has 0 aliphatic heterocycles. The minimum atomic E-state index is -0.651. The Morgan fingerprint density at radius 2 is 2.26 bits per heavy atom. The molecule has 3 rings (SSSR count).